The summed E-state index contributed by atoms with van der Waals surface area (Å²) in [5.74, 6) is -0.00645. The minimum Gasteiger partial charge on any atom is -0.491 e. The first-order chi connectivity index (χ1) is 11.6. The number of nitrogens with zero attached hydrogens (tertiary/aromatic N) is 2. The van der Waals surface area contributed by atoms with E-state index in [0.29, 0.717) is 25.1 Å². The molecule has 3 rings (SSSR count). The standard InChI is InChI=1S/C16H18BFN2O4/c1-3-23-16-14(22-2)5-13(18)15(20-16)11-4-10(7-19-8-11)12-6-17(21)24-9-12/h4-5,7-8,12,21H,3,6,9H2,1-2H3. The topological polar surface area (TPSA) is 73.7 Å². The molecule has 1 saturated heterocycles. The lowest BCUT2D eigenvalue weighted by atomic mass is 9.80. The van der Waals surface area contributed by atoms with E-state index in [-0.39, 0.29) is 23.2 Å². The molecular formula is C16H18BFN2O4. The quantitative estimate of drug-likeness (QED) is 0.847. The molecule has 3 heterocycles. The zero-order valence-corrected chi connectivity index (χ0v) is 13.5. The molecule has 0 amide bonds. The Morgan fingerprint density at radius 2 is 2.25 bits per heavy atom. The molecule has 1 unspecified atom stereocenters. The first kappa shape index (κ1) is 16.7. The van der Waals surface area contributed by atoms with E-state index in [4.69, 9.17) is 14.1 Å². The molecule has 1 atom stereocenters. The van der Waals surface area contributed by atoms with Gasteiger partial charge in [0.25, 0.3) is 5.88 Å². The number of pyridine rings is 2. The van der Waals surface area contributed by atoms with Crippen molar-refractivity contribution < 1.29 is 23.5 Å². The highest BCUT2D eigenvalue weighted by atomic mass is 19.1. The summed E-state index contributed by atoms with van der Waals surface area (Å²) in [4.78, 5) is 8.42. The van der Waals surface area contributed by atoms with Gasteiger partial charge in [-0.15, -0.1) is 0 Å². The van der Waals surface area contributed by atoms with Crippen LogP contribution >= 0.6 is 0 Å². The minimum atomic E-state index is -0.765. The van der Waals surface area contributed by atoms with Crippen LogP contribution in [0.4, 0.5) is 4.39 Å². The Labute approximate surface area is 139 Å². The molecule has 0 spiro atoms. The normalized spacial score (nSPS) is 17.2. The average molecular weight is 332 g/mol. The molecule has 8 heteroatoms. The van der Waals surface area contributed by atoms with Crippen molar-refractivity contribution >= 4 is 7.12 Å². The Morgan fingerprint density at radius 1 is 1.42 bits per heavy atom. The molecule has 1 N–H and O–H groups in total. The largest absolute Gasteiger partial charge is 0.491 e. The molecule has 6 nitrogen and oxygen atoms in total. The number of methoxy groups -OCH3 is 1. The van der Waals surface area contributed by atoms with Crippen LogP contribution in [-0.2, 0) is 4.65 Å². The molecule has 2 aromatic rings. The van der Waals surface area contributed by atoms with Crippen LogP contribution in [0.5, 0.6) is 11.6 Å². The zero-order chi connectivity index (χ0) is 17.1. The van der Waals surface area contributed by atoms with E-state index in [1.807, 2.05) is 13.0 Å². The molecule has 1 aliphatic rings. The highest BCUT2D eigenvalue weighted by Gasteiger charge is 2.30. The van der Waals surface area contributed by atoms with Gasteiger partial charge in [-0.25, -0.2) is 9.37 Å². The Hall–Kier alpha value is -2.19. The molecule has 2 aromatic heterocycles. The van der Waals surface area contributed by atoms with Gasteiger partial charge in [-0.05, 0) is 24.9 Å². The fourth-order valence-corrected chi connectivity index (χ4v) is 2.69. The third kappa shape index (κ3) is 3.34. The number of hydrogen-bond donors (Lipinski definition) is 1. The Kier molecular flexibility index (Phi) is 4.96. The van der Waals surface area contributed by atoms with Crippen molar-refractivity contribution in [2.75, 3.05) is 20.3 Å². The first-order valence-electron chi connectivity index (χ1n) is 7.74. The van der Waals surface area contributed by atoms with Gasteiger partial charge in [-0.3, -0.25) is 4.98 Å². The molecule has 0 saturated carbocycles. The van der Waals surface area contributed by atoms with Gasteiger partial charge in [-0.2, -0.15) is 0 Å². The maximum Gasteiger partial charge on any atom is 0.454 e. The van der Waals surface area contributed by atoms with Crippen molar-refractivity contribution in [1.82, 2.24) is 9.97 Å². The van der Waals surface area contributed by atoms with Crippen molar-refractivity contribution in [3.05, 3.63) is 35.9 Å². The summed E-state index contributed by atoms with van der Waals surface area (Å²) in [6.45, 7) is 2.62. The molecule has 0 bridgehead atoms. The second kappa shape index (κ2) is 7.15. The Bertz CT molecular complexity index is 731. The Balaban J connectivity index is 1.98. The SMILES string of the molecule is CCOc1nc(-c2cncc(C3COB(O)C3)c2)c(F)cc1OC. The maximum atomic E-state index is 14.4. The summed E-state index contributed by atoms with van der Waals surface area (Å²) in [7, 11) is 0.672. The lowest BCUT2D eigenvalue weighted by molar-refractivity contribution is 0.292. The summed E-state index contributed by atoms with van der Waals surface area (Å²) < 4.78 is 30.1. The molecular weight excluding hydrogens is 314 g/mol. The van der Waals surface area contributed by atoms with Crippen LogP contribution in [0, 0.1) is 5.82 Å². The predicted octanol–water partition coefficient (Wildman–Crippen LogP) is 2.28. The monoisotopic (exact) mass is 332 g/mol. The second-order valence-corrected chi connectivity index (χ2v) is 5.49. The van der Waals surface area contributed by atoms with Crippen LogP contribution in [-0.4, -0.2) is 42.4 Å². The van der Waals surface area contributed by atoms with Gasteiger partial charge >= 0.3 is 7.12 Å². The number of hydrogen-bond acceptors (Lipinski definition) is 6. The van der Waals surface area contributed by atoms with Gasteiger partial charge in [0.2, 0.25) is 0 Å². The van der Waals surface area contributed by atoms with E-state index >= 15 is 0 Å². The van der Waals surface area contributed by atoms with Gasteiger partial charge in [0.05, 0.1) is 13.7 Å². The Morgan fingerprint density at radius 3 is 2.92 bits per heavy atom. The summed E-state index contributed by atoms with van der Waals surface area (Å²) in [5.41, 5.74) is 1.56. The minimum absolute atomic E-state index is 0.0279. The third-order valence-electron chi connectivity index (χ3n) is 3.89. The summed E-state index contributed by atoms with van der Waals surface area (Å²) in [5, 5.41) is 9.50. The number of halogens is 1. The fraction of sp³-hybridized carbons (Fsp3) is 0.375. The third-order valence-corrected chi connectivity index (χ3v) is 3.89. The van der Waals surface area contributed by atoms with Crippen LogP contribution < -0.4 is 9.47 Å². The molecule has 24 heavy (non-hydrogen) atoms. The molecule has 126 valence electrons. The number of ether oxygens (including phenoxy) is 2. The average Bonchev–Trinajstić information content (AvgIpc) is 3.03. The van der Waals surface area contributed by atoms with E-state index in [0.717, 1.165) is 5.56 Å². The summed E-state index contributed by atoms with van der Waals surface area (Å²) in [6.07, 6.45) is 3.73. The van der Waals surface area contributed by atoms with Crippen LogP contribution in [0.15, 0.2) is 24.5 Å². The van der Waals surface area contributed by atoms with Gasteiger partial charge in [0.1, 0.15) is 5.69 Å². The van der Waals surface area contributed by atoms with Crippen molar-refractivity contribution in [3.8, 4) is 22.9 Å². The first-order valence-corrected chi connectivity index (χ1v) is 7.74. The van der Waals surface area contributed by atoms with Crippen molar-refractivity contribution in [3.63, 3.8) is 0 Å². The van der Waals surface area contributed by atoms with E-state index in [9.17, 15) is 9.41 Å². The number of rotatable bonds is 5. The van der Waals surface area contributed by atoms with Crippen LogP contribution in [0.1, 0.15) is 18.4 Å². The van der Waals surface area contributed by atoms with Crippen LogP contribution in [0.2, 0.25) is 6.32 Å². The summed E-state index contributed by atoms with van der Waals surface area (Å²) in [6, 6.07) is 3.06. The highest BCUT2D eigenvalue weighted by Crippen LogP contribution is 2.33. The molecule has 0 aromatic carbocycles. The summed E-state index contributed by atoms with van der Waals surface area (Å²) >= 11 is 0. The van der Waals surface area contributed by atoms with E-state index in [1.54, 1.807) is 12.4 Å². The van der Waals surface area contributed by atoms with Crippen LogP contribution in [0.25, 0.3) is 11.3 Å². The molecule has 1 fully saturated rings. The van der Waals surface area contributed by atoms with Gasteiger partial charge in [0, 0.05) is 36.5 Å². The van der Waals surface area contributed by atoms with E-state index in [1.165, 1.54) is 13.2 Å². The van der Waals surface area contributed by atoms with Crippen molar-refractivity contribution in [2.45, 2.75) is 19.2 Å². The zero-order valence-electron chi connectivity index (χ0n) is 13.5. The maximum absolute atomic E-state index is 14.4. The van der Waals surface area contributed by atoms with Crippen molar-refractivity contribution in [2.24, 2.45) is 0 Å². The number of aromatic nitrogens is 2. The smallest absolute Gasteiger partial charge is 0.454 e. The molecule has 0 radical (unpaired) electrons. The highest BCUT2D eigenvalue weighted by molar-refractivity contribution is 6.43. The molecule has 0 aliphatic carbocycles. The lowest BCUT2D eigenvalue weighted by Crippen LogP contribution is -2.07. The predicted molar refractivity (Wildman–Crippen MR) is 86.6 cm³/mol. The van der Waals surface area contributed by atoms with Crippen LogP contribution in [0.3, 0.4) is 0 Å². The molecule has 1 aliphatic heterocycles. The lowest BCUT2D eigenvalue weighted by Gasteiger charge is -2.13. The fourth-order valence-electron chi connectivity index (χ4n) is 2.69. The van der Waals surface area contributed by atoms with E-state index in [2.05, 4.69) is 9.97 Å². The van der Waals surface area contributed by atoms with Gasteiger partial charge in [0.15, 0.2) is 11.6 Å². The van der Waals surface area contributed by atoms with Gasteiger partial charge < -0.3 is 19.2 Å². The second-order valence-electron chi connectivity index (χ2n) is 5.49. The van der Waals surface area contributed by atoms with E-state index < -0.39 is 12.9 Å². The van der Waals surface area contributed by atoms with Gasteiger partial charge in [-0.1, -0.05) is 0 Å². The van der Waals surface area contributed by atoms with Crippen molar-refractivity contribution in [1.29, 1.82) is 0 Å².